The Hall–Kier alpha value is -0.550. The number of hydrogen-bond acceptors (Lipinski definition) is 2. The van der Waals surface area contributed by atoms with Crippen LogP contribution in [-0.4, -0.2) is 11.2 Å². The lowest BCUT2D eigenvalue weighted by Gasteiger charge is -2.41. The van der Waals surface area contributed by atoms with Crippen LogP contribution in [0.2, 0.25) is 0 Å². The van der Waals surface area contributed by atoms with Crippen LogP contribution in [0.3, 0.4) is 0 Å². The fraction of sp³-hybridized carbons (Fsp3) is 0.917. The lowest BCUT2D eigenvalue weighted by molar-refractivity contribution is 0.00162. The molecule has 2 rings (SSSR count). The Morgan fingerprint density at radius 1 is 1.14 bits per heavy atom. The first-order chi connectivity index (χ1) is 6.81. The van der Waals surface area contributed by atoms with E-state index in [0.717, 1.165) is 24.7 Å². The van der Waals surface area contributed by atoms with E-state index in [0.29, 0.717) is 6.42 Å². The van der Waals surface area contributed by atoms with E-state index in [1.165, 1.54) is 25.7 Å². The largest absolute Gasteiger partial charge is 0.393 e. The summed E-state index contributed by atoms with van der Waals surface area (Å²) in [5.74, 6) is 1.83. The number of nitriles is 1. The van der Waals surface area contributed by atoms with E-state index in [1.54, 1.807) is 0 Å². The molecule has 0 unspecified atom stereocenters. The van der Waals surface area contributed by atoms with Gasteiger partial charge in [0.15, 0.2) is 0 Å². The molecule has 0 aromatic rings. The van der Waals surface area contributed by atoms with Gasteiger partial charge in [-0.1, -0.05) is 25.7 Å². The van der Waals surface area contributed by atoms with Crippen LogP contribution in [0, 0.1) is 29.1 Å². The highest BCUT2D eigenvalue weighted by molar-refractivity contribution is 4.91. The SMILES string of the molecule is N#CC[C@@H]1C[C@H]2CCCC[C@@H]2C[C@H]1O. The second kappa shape index (κ2) is 4.31. The maximum absolute atomic E-state index is 9.89. The molecule has 2 aliphatic rings. The Morgan fingerprint density at radius 2 is 1.79 bits per heavy atom. The summed E-state index contributed by atoms with van der Waals surface area (Å²) in [7, 11) is 0. The molecular formula is C12H19NO. The molecule has 2 heteroatoms. The quantitative estimate of drug-likeness (QED) is 0.695. The monoisotopic (exact) mass is 193 g/mol. The van der Waals surface area contributed by atoms with Gasteiger partial charge in [-0.05, 0) is 30.6 Å². The van der Waals surface area contributed by atoms with Crippen LogP contribution in [0.15, 0.2) is 0 Å². The van der Waals surface area contributed by atoms with Gasteiger partial charge in [-0.3, -0.25) is 0 Å². The van der Waals surface area contributed by atoms with Crippen LogP contribution in [0.4, 0.5) is 0 Å². The summed E-state index contributed by atoms with van der Waals surface area (Å²) < 4.78 is 0. The smallest absolute Gasteiger partial charge is 0.0625 e. The molecule has 0 spiro atoms. The van der Waals surface area contributed by atoms with Crippen molar-refractivity contribution in [2.45, 2.75) is 51.0 Å². The summed E-state index contributed by atoms with van der Waals surface area (Å²) in [5.41, 5.74) is 0. The number of nitrogens with zero attached hydrogens (tertiary/aromatic N) is 1. The minimum absolute atomic E-state index is 0.200. The van der Waals surface area contributed by atoms with Crippen molar-refractivity contribution in [2.24, 2.45) is 17.8 Å². The minimum atomic E-state index is -0.200. The molecule has 0 aromatic carbocycles. The van der Waals surface area contributed by atoms with E-state index in [-0.39, 0.29) is 12.0 Å². The molecule has 0 heterocycles. The Morgan fingerprint density at radius 3 is 2.43 bits per heavy atom. The van der Waals surface area contributed by atoms with Crippen LogP contribution in [-0.2, 0) is 0 Å². The van der Waals surface area contributed by atoms with Crippen molar-refractivity contribution in [3.05, 3.63) is 0 Å². The van der Waals surface area contributed by atoms with Crippen molar-refractivity contribution in [3.8, 4) is 6.07 Å². The van der Waals surface area contributed by atoms with Gasteiger partial charge in [0, 0.05) is 6.42 Å². The third kappa shape index (κ3) is 1.93. The van der Waals surface area contributed by atoms with E-state index in [1.807, 2.05) is 0 Å². The summed E-state index contributed by atoms with van der Waals surface area (Å²) in [6.07, 6.45) is 7.74. The van der Waals surface area contributed by atoms with Crippen molar-refractivity contribution in [3.63, 3.8) is 0 Å². The summed E-state index contributed by atoms with van der Waals surface area (Å²) in [6, 6.07) is 2.20. The highest BCUT2D eigenvalue weighted by Crippen LogP contribution is 2.43. The maximum Gasteiger partial charge on any atom is 0.0625 e. The van der Waals surface area contributed by atoms with Gasteiger partial charge in [-0.2, -0.15) is 5.26 Å². The first-order valence-corrected chi connectivity index (χ1v) is 5.86. The van der Waals surface area contributed by atoms with Crippen LogP contribution < -0.4 is 0 Å². The first-order valence-electron chi connectivity index (χ1n) is 5.86. The van der Waals surface area contributed by atoms with E-state index in [4.69, 9.17) is 5.26 Å². The van der Waals surface area contributed by atoms with E-state index in [9.17, 15) is 5.11 Å². The lowest BCUT2D eigenvalue weighted by atomic mass is 9.66. The molecule has 14 heavy (non-hydrogen) atoms. The van der Waals surface area contributed by atoms with Gasteiger partial charge in [0.05, 0.1) is 12.2 Å². The molecular weight excluding hydrogens is 174 g/mol. The van der Waals surface area contributed by atoms with Gasteiger partial charge in [0.2, 0.25) is 0 Å². The van der Waals surface area contributed by atoms with Crippen molar-refractivity contribution in [2.75, 3.05) is 0 Å². The fourth-order valence-electron chi connectivity index (χ4n) is 3.29. The molecule has 0 radical (unpaired) electrons. The molecule has 0 amide bonds. The van der Waals surface area contributed by atoms with Gasteiger partial charge in [0.1, 0.15) is 0 Å². The third-order valence-corrected chi connectivity index (χ3v) is 4.11. The summed E-state index contributed by atoms with van der Waals surface area (Å²) in [6.45, 7) is 0. The minimum Gasteiger partial charge on any atom is -0.393 e. The molecule has 4 atom stereocenters. The number of rotatable bonds is 1. The summed E-state index contributed by atoms with van der Waals surface area (Å²) in [4.78, 5) is 0. The second-order valence-electron chi connectivity index (χ2n) is 4.97. The molecule has 0 aromatic heterocycles. The van der Waals surface area contributed by atoms with Gasteiger partial charge >= 0.3 is 0 Å². The number of aliphatic hydroxyl groups excluding tert-OH is 1. The molecule has 2 nitrogen and oxygen atoms in total. The Bertz CT molecular complexity index is 233. The molecule has 2 saturated carbocycles. The van der Waals surface area contributed by atoms with E-state index < -0.39 is 0 Å². The van der Waals surface area contributed by atoms with Crippen LogP contribution in [0.25, 0.3) is 0 Å². The maximum atomic E-state index is 9.89. The molecule has 0 saturated heterocycles. The van der Waals surface area contributed by atoms with Crippen molar-refractivity contribution >= 4 is 0 Å². The van der Waals surface area contributed by atoms with Crippen molar-refractivity contribution < 1.29 is 5.11 Å². The zero-order chi connectivity index (χ0) is 9.97. The highest BCUT2D eigenvalue weighted by Gasteiger charge is 2.36. The van der Waals surface area contributed by atoms with E-state index >= 15 is 0 Å². The molecule has 78 valence electrons. The molecule has 2 aliphatic carbocycles. The standard InChI is InChI=1S/C12H19NO/c13-6-5-11-7-9-3-1-2-4-10(9)8-12(11)14/h9-12,14H,1-5,7-8H2/t9-,10-,11-,12-/m1/s1. The third-order valence-electron chi connectivity index (χ3n) is 4.11. The Labute approximate surface area is 85.9 Å². The normalized spacial score (nSPS) is 42.6. The first kappa shape index (κ1) is 9.98. The zero-order valence-electron chi connectivity index (χ0n) is 8.65. The second-order valence-corrected chi connectivity index (χ2v) is 4.97. The van der Waals surface area contributed by atoms with Gasteiger partial charge in [-0.25, -0.2) is 0 Å². The van der Waals surface area contributed by atoms with Gasteiger partial charge < -0.3 is 5.11 Å². The average molecular weight is 193 g/mol. The predicted octanol–water partition coefficient (Wildman–Crippen LogP) is 2.48. The highest BCUT2D eigenvalue weighted by atomic mass is 16.3. The topological polar surface area (TPSA) is 44.0 Å². The Kier molecular flexibility index (Phi) is 3.08. The predicted molar refractivity (Wildman–Crippen MR) is 54.4 cm³/mol. The number of fused-ring (bicyclic) bond motifs is 1. The molecule has 0 aliphatic heterocycles. The van der Waals surface area contributed by atoms with Gasteiger partial charge in [0.25, 0.3) is 0 Å². The van der Waals surface area contributed by atoms with Crippen molar-refractivity contribution in [1.29, 1.82) is 5.26 Å². The number of hydrogen-bond donors (Lipinski definition) is 1. The molecule has 0 bridgehead atoms. The van der Waals surface area contributed by atoms with Crippen molar-refractivity contribution in [1.82, 2.24) is 0 Å². The Balaban J connectivity index is 1.96. The van der Waals surface area contributed by atoms with Gasteiger partial charge in [-0.15, -0.1) is 0 Å². The summed E-state index contributed by atoms with van der Waals surface area (Å²) in [5, 5.41) is 18.6. The van der Waals surface area contributed by atoms with E-state index in [2.05, 4.69) is 6.07 Å². The van der Waals surface area contributed by atoms with Crippen LogP contribution >= 0.6 is 0 Å². The summed E-state index contributed by atoms with van der Waals surface area (Å²) >= 11 is 0. The number of aliphatic hydroxyl groups is 1. The lowest BCUT2D eigenvalue weighted by Crippen LogP contribution is -2.36. The fourth-order valence-corrected chi connectivity index (χ4v) is 3.29. The molecule has 1 N–H and O–H groups in total. The average Bonchev–Trinajstić information content (AvgIpc) is 2.19. The zero-order valence-corrected chi connectivity index (χ0v) is 8.65. The molecule has 2 fully saturated rings. The van der Waals surface area contributed by atoms with Crippen LogP contribution in [0.5, 0.6) is 0 Å². The van der Waals surface area contributed by atoms with Crippen LogP contribution in [0.1, 0.15) is 44.9 Å².